The average molecular weight is 463 g/mol. The number of nitrogens with zero attached hydrogens (tertiary/aromatic N) is 2. The fraction of sp³-hybridized carbons (Fsp3) is 0.269. The highest BCUT2D eigenvalue weighted by Crippen LogP contribution is 2.36. The Balaban J connectivity index is 1.39. The van der Waals surface area contributed by atoms with Gasteiger partial charge in [-0.1, -0.05) is 35.9 Å². The number of ether oxygens (including phenoxy) is 1. The number of nitrogen functional groups attached to an aromatic ring is 2. The maximum absolute atomic E-state index is 13.3. The number of piperazine rings is 1. The van der Waals surface area contributed by atoms with Gasteiger partial charge >= 0.3 is 0 Å². The van der Waals surface area contributed by atoms with Crippen molar-refractivity contribution in [3.05, 3.63) is 82.4 Å². The van der Waals surface area contributed by atoms with E-state index in [1.807, 2.05) is 53.4 Å². The zero-order valence-corrected chi connectivity index (χ0v) is 19.1. The number of carbonyl (C=O) groups excluding carboxylic acids is 1. The van der Waals surface area contributed by atoms with Crippen LogP contribution in [0.3, 0.4) is 0 Å². The van der Waals surface area contributed by atoms with Crippen LogP contribution in [0, 0.1) is 0 Å². The molecule has 5 rings (SSSR count). The quantitative estimate of drug-likeness (QED) is 0.571. The van der Waals surface area contributed by atoms with E-state index in [2.05, 4.69) is 11.0 Å². The Morgan fingerprint density at radius 1 is 1.00 bits per heavy atom. The highest BCUT2D eigenvalue weighted by molar-refractivity contribution is 6.33. The van der Waals surface area contributed by atoms with E-state index >= 15 is 0 Å². The smallest absolute Gasteiger partial charge is 0.227 e. The molecule has 1 atom stereocenters. The van der Waals surface area contributed by atoms with Gasteiger partial charge in [-0.15, -0.1) is 0 Å². The van der Waals surface area contributed by atoms with Crippen LogP contribution in [-0.4, -0.2) is 37.0 Å². The largest absolute Gasteiger partial charge is 0.493 e. The lowest BCUT2D eigenvalue weighted by Gasteiger charge is -2.43. The first-order chi connectivity index (χ1) is 16.0. The van der Waals surface area contributed by atoms with Crippen molar-refractivity contribution in [2.75, 3.05) is 42.6 Å². The number of halogens is 1. The van der Waals surface area contributed by atoms with E-state index in [0.29, 0.717) is 49.1 Å². The molecule has 2 heterocycles. The summed E-state index contributed by atoms with van der Waals surface area (Å²) in [4.78, 5) is 17.5. The van der Waals surface area contributed by atoms with Gasteiger partial charge in [0.05, 0.1) is 29.8 Å². The van der Waals surface area contributed by atoms with Gasteiger partial charge in [-0.25, -0.2) is 0 Å². The molecule has 1 saturated heterocycles. The number of fused-ring (bicyclic) bond motifs is 1. The molecule has 1 amide bonds. The molecule has 170 valence electrons. The van der Waals surface area contributed by atoms with Crippen LogP contribution in [0.5, 0.6) is 5.75 Å². The number of rotatable bonds is 4. The summed E-state index contributed by atoms with van der Waals surface area (Å²) in [6.45, 7) is 2.57. The molecule has 0 spiro atoms. The Bertz CT molecular complexity index is 1180. The second-order valence-corrected chi connectivity index (χ2v) is 9.05. The van der Waals surface area contributed by atoms with Gasteiger partial charge < -0.3 is 26.0 Å². The molecule has 1 fully saturated rings. The molecule has 0 aliphatic carbocycles. The summed E-state index contributed by atoms with van der Waals surface area (Å²) in [5.41, 5.74) is 17.4. The standard InChI is InChI=1S/C26H27ClN4O2/c27-22-15-21(29)6-7-23(22)31-11-10-30(16-24(31)18-2-4-20(28)5-3-18)26(32)14-17-1-8-25-19(13-17)9-12-33-25/h1-8,13,15,24H,9-12,14,16,28-29H2. The summed E-state index contributed by atoms with van der Waals surface area (Å²) >= 11 is 6.56. The number of hydrogen-bond acceptors (Lipinski definition) is 5. The highest BCUT2D eigenvalue weighted by atomic mass is 35.5. The second kappa shape index (κ2) is 8.87. The van der Waals surface area contributed by atoms with E-state index in [1.165, 1.54) is 5.56 Å². The third kappa shape index (κ3) is 4.44. The summed E-state index contributed by atoms with van der Waals surface area (Å²) < 4.78 is 5.59. The van der Waals surface area contributed by atoms with Crippen LogP contribution in [0.2, 0.25) is 5.02 Å². The van der Waals surface area contributed by atoms with Crippen molar-refractivity contribution >= 4 is 34.6 Å². The first kappa shape index (κ1) is 21.5. The van der Waals surface area contributed by atoms with Crippen LogP contribution in [0.1, 0.15) is 22.7 Å². The molecule has 3 aromatic rings. The Labute approximate surface area is 198 Å². The van der Waals surface area contributed by atoms with E-state index in [0.717, 1.165) is 29.0 Å². The SMILES string of the molecule is Nc1ccc(C2CN(C(=O)Cc3ccc4c(c3)CCO4)CCN2c2ccc(N)cc2Cl)cc1. The number of amides is 1. The predicted molar refractivity (Wildman–Crippen MR) is 133 cm³/mol. The summed E-state index contributed by atoms with van der Waals surface area (Å²) in [6.07, 6.45) is 1.28. The maximum Gasteiger partial charge on any atom is 0.227 e. The fourth-order valence-electron chi connectivity index (χ4n) is 4.69. The van der Waals surface area contributed by atoms with Gasteiger partial charge in [-0.05, 0) is 53.1 Å². The molecule has 2 aliphatic heterocycles. The van der Waals surface area contributed by atoms with Gasteiger partial charge in [-0.3, -0.25) is 4.79 Å². The summed E-state index contributed by atoms with van der Waals surface area (Å²) in [7, 11) is 0. The molecule has 0 aromatic heterocycles. The van der Waals surface area contributed by atoms with Gasteiger partial charge in [0.2, 0.25) is 5.91 Å². The zero-order chi connectivity index (χ0) is 22.9. The van der Waals surface area contributed by atoms with Gasteiger partial charge in [-0.2, -0.15) is 0 Å². The van der Waals surface area contributed by atoms with Crippen molar-refractivity contribution in [1.82, 2.24) is 4.90 Å². The summed E-state index contributed by atoms with van der Waals surface area (Å²) in [5, 5.41) is 0.607. The van der Waals surface area contributed by atoms with E-state index in [9.17, 15) is 4.79 Å². The molecule has 4 N–H and O–H groups in total. The Morgan fingerprint density at radius 3 is 2.58 bits per heavy atom. The number of anilines is 3. The van der Waals surface area contributed by atoms with E-state index in [1.54, 1.807) is 6.07 Å². The minimum atomic E-state index is -0.0437. The number of benzene rings is 3. The molecule has 7 heteroatoms. The van der Waals surface area contributed by atoms with Gasteiger partial charge in [0.15, 0.2) is 0 Å². The van der Waals surface area contributed by atoms with E-state index in [-0.39, 0.29) is 11.9 Å². The van der Waals surface area contributed by atoms with Crippen LogP contribution >= 0.6 is 11.6 Å². The van der Waals surface area contributed by atoms with Crippen LogP contribution in [0.25, 0.3) is 0 Å². The van der Waals surface area contributed by atoms with Crippen molar-refractivity contribution in [2.24, 2.45) is 0 Å². The third-order valence-corrected chi connectivity index (χ3v) is 6.75. The monoisotopic (exact) mass is 462 g/mol. The second-order valence-electron chi connectivity index (χ2n) is 8.64. The van der Waals surface area contributed by atoms with Gasteiger partial charge in [0.25, 0.3) is 0 Å². The third-order valence-electron chi connectivity index (χ3n) is 6.44. The van der Waals surface area contributed by atoms with E-state index < -0.39 is 0 Å². The predicted octanol–water partition coefficient (Wildman–Crippen LogP) is 4.07. The molecule has 0 radical (unpaired) electrons. The average Bonchev–Trinajstić information content (AvgIpc) is 3.27. The molecule has 3 aromatic carbocycles. The van der Waals surface area contributed by atoms with Crippen molar-refractivity contribution < 1.29 is 9.53 Å². The number of carbonyl (C=O) groups is 1. The summed E-state index contributed by atoms with van der Waals surface area (Å²) in [6, 6.07) is 19.4. The molecule has 1 unspecified atom stereocenters. The van der Waals surface area contributed by atoms with Crippen molar-refractivity contribution in [1.29, 1.82) is 0 Å². The summed E-state index contributed by atoms with van der Waals surface area (Å²) in [5.74, 6) is 1.06. The van der Waals surface area contributed by atoms with Gasteiger partial charge in [0, 0.05) is 37.4 Å². The van der Waals surface area contributed by atoms with Crippen molar-refractivity contribution in [3.8, 4) is 5.75 Å². The lowest BCUT2D eigenvalue weighted by molar-refractivity contribution is -0.131. The first-order valence-electron chi connectivity index (χ1n) is 11.2. The molecular weight excluding hydrogens is 436 g/mol. The van der Waals surface area contributed by atoms with Crippen molar-refractivity contribution in [2.45, 2.75) is 18.9 Å². The highest BCUT2D eigenvalue weighted by Gasteiger charge is 2.32. The molecule has 2 aliphatic rings. The van der Waals surface area contributed by atoms with Crippen LogP contribution in [0.4, 0.5) is 17.1 Å². The van der Waals surface area contributed by atoms with Crippen LogP contribution in [-0.2, 0) is 17.6 Å². The van der Waals surface area contributed by atoms with Gasteiger partial charge in [0.1, 0.15) is 5.75 Å². The number of nitrogens with two attached hydrogens (primary N) is 2. The minimum absolute atomic E-state index is 0.0437. The molecular formula is C26H27ClN4O2. The lowest BCUT2D eigenvalue weighted by Crippen LogP contribution is -2.51. The Morgan fingerprint density at radius 2 is 1.79 bits per heavy atom. The maximum atomic E-state index is 13.3. The lowest BCUT2D eigenvalue weighted by atomic mass is 9.99. The minimum Gasteiger partial charge on any atom is -0.493 e. The zero-order valence-electron chi connectivity index (χ0n) is 18.3. The van der Waals surface area contributed by atoms with Crippen molar-refractivity contribution in [3.63, 3.8) is 0 Å². The molecule has 33 heavy (non-hydrogen) atoms. The van der Waals surface area contributed by atoms with E-state index in [4.69, 9.17) is 27.8 Å². The molecule has 0 bridgehead atoms. The molecule has 6 nitrogen and oxygen atoms in total. The first-order valence-corrected chi connectivity index (χ1v) is 11.6. The normalized spacial score (nSPS) is 17.5. The number of hydrogen-bond donors (Lipinski definition) is 2. The Hall–Kier alpha value is -3.38. The van der Waals surface area contributed by atoms with Crippen LogP contribution < -0.4 is 21.1 Å². The topological polar surface area (TPSA) is 84.8 Å². The molecule has 0 saturated carbocycles. The fourth-order valence-corrected chi connectivity index (χ4v) is 4.99. The van der Waals surface area contributed by atoms with Crippen LogP contribution in [0.15, 0.2) is 60.7 Å². The Kier molecular flexibility index (Phi) is 5.77.